The molecular formula is C25H23N3O4. The predicted octanol–water partition coefficient (Wildman–Crippen LogP) is 4.82. The summed E-state index contributed by atoms with van der Waals surface area (Å²) in [5, 5.41) is 7.48. The van der Waals surface area contributed by atoms with Gasteiger partial charge in [0.15, 0.2) is 0 Å². The van der Waals surface area contributed by atoms with Crippen molar-refractivity contribution in [1.82, 2.24) is 15.1 Å². The summed E-state index contributed by atoms with van der Waals surface area (Å²) in [5.41, 5.74) is 3.99. The zero-order valence-corrected chi connectivity index (χ0v) is 17.9. The highest BCUT2D eigenvalue weighted by Gasteiger charge is 2.42. The van der Waals surface area contributed by atoms with Crippen LogP contribution in [-0.2, 0) is 6.54 Å². The number of carbonyl (C=O) groups is 1. The van der Waals surface area contributed by atoms with Gasteiger partial charge in [-0.05, 0) is 61.0 Å². The molecule has 4 aromatic rings. The van der Waals surface area contributed by atoms with Gasteiger partial charge in [-0.2, -0.15) is 5.10 Å². The maximum absolute atomic E-state index is 13.4. The van der Waals surface area contributed by atoms with Gasteiger partial charge in [0, 0.05) is 11.1 Å². The highest BCUT2D eigenvalue weighted by molar-refractivity contribution is 6.00. The number of hydrogen-bond donors (Lipinski definition) is 1. The van der Waals surface area contributed by atoms with Crippen LogP contribution in [0.2, 0.25) is 0 Å². The number of amides is 1. The minimum Gasteiger partial charge on any atom is -0.497 e. The van der Waals surface area contributed by atoms with Gasteiger partial charge in [-0.15, -0.1) is 0 Å². The fraction of sp³-hybridized carbons (Fsp3) is 0.200. The van der Waals surface area contributed by atoms with Crippen LogP contribution in [0.3, 0.4) is 0 Å². The monoisotopic (exact) mass is 429 g/mol. The predicted molar refractivity (Wildman–Crippen MR) is 119 cm³/mol. The fourth-order valence-corrected chi connectivity index (χ4v) is 4.16. The summed E-state index contributed by atoms with van der Waals surface area (Å²) >= 11 is 0. The molecule has 0 spiro atoms. The SMILES string of the molecule is CCOc1ccc(C2c3c(-c4ccc(OC)cc4)n[nH]c3C(=O)N2Cc2ccco2)cc1. The lowest BCUT2D eigenvalue weighted by molar-refractivity contribution is 0.0717. The summed E-state index contributed by atoms with van der Waals surface area (Å²) in [7, 11) is 1.63. The number of ether oxygens (including phenoxy) is 2. The molecule has 0 saturated carbocycles. The molecule has 1 aliphatic rings. The molecule has 0 bridgehead atoms. The van der Waals surface area contributed by atoms with Crippen LogP contribution in [-0.4, -0.2) is 34.7 Å². The van der Waals surface area contributed by atoms with Crippen LogP contribution in [0, 0.1) is 0 Å². The van der Waals surface area contributed by atoms with Crippen LogP contribution in [0.5, 0.6) is 11.5 Å². The van der Waals surface area contributed by atoms with E-state index in [9.17, 15) is 4.79 Å². The Bertz CT molecular complexity index is 1210. The van der Waals surface area contributed by atoms with E-state index in [-0.39, 0.29) is 11.9 Å². The number of benzene rings is 2. The average molecular weight is 429 g/mol. The van der Waals surface area contributed by atoms with Gasteiger partial charge in [0.2, 0.25) is 0 Å². The third-order valence-electron chi connectivity index (χ3n) is 5.64. The topological polar surface area (TPSA) is 80.6 Å². The molecule has 0 saturated heterocycles. The number of aromatic amines is 1. The first-order chi connectivity index (χ1) is 15.7. The number of rotatable bonds is 7. The molecule has 0 fully saturated rings. The number of nitrogens with one attached hydrogen (secondary N) is 1. The molecule has 0 radical (unpaired) electrons. The van der Waals surface area contributed by atoms with Crippen LogP contribution >= 0.6 is 0 Å². The van der Waals surface area contributed by atoms with E-state index in [1.54, 1.807) is 13.4 Å². The third kappa shape index (κ3) is 3.41. The van der Waals surface area contributed by atoms with E-state index >= 15 is 0 Å². The molecule has 1 unspecified atom stereocenters. The van der Waals surface area contributed by atoms with Crippen molar-refractivity contribution in [3.63, 3.8) is 0 Å². The number of carbonyl (C=O) groups excluding carboxylic acids is 1. The van der Waals surface area contributed by atoms with Crippen molar-refractivity contribution in [2.75, 3.05) is 13.7 Å². The summed E-state index contributed by atoms with van der Waals surface area (Å²) < 4.78 is 16.4. The Hall–Kier alpha value is -4.00. The van der Waals surface area contributed by atoms with Crippen LogP contribution in [0.4, 0.5) is 0 Å². The second-order valence-corrected chi connectivity index (χ2v) is 7.51. The maximum atomic E-state index is 13.4. The van der Waals surface area contributed by atoms with Crippen LogP contribution in [0.25, 0.3) is 11.3 Å². The standard InChI is InChI=1S/C25H23N3O4/c1-3-31-19-12-8-17(9-13-19)24-21-22(16-6-10-18(30-2)11-7-16)26-27-23(21)25(29)28(24)15-20-5-4-14-32-20/h4-14,24H,3,15H2,1-2H3,(H,26,27). The van der Waals surface area contributed by atoms with Crippen molar-refractivity contribution in [2.24, 2.45) is 0 Å². The lowest BCUT2D eigenvalue weighted by Gasteiger charge is -2.25. The second-order valence-electron chi connectivity index (χ2n) is 7.51. The maximum Gasteiger partial charge on any atom is 0.273 e. The fourth-order valence-electron chi connectivity index (χ4n) is 4.16. The molecular weight excluding hydrogens is 406 g/mol. The van der Waals surface area contributed by atoms with Crippen LogP contribution < -0.4 is 9.47 Å². The molecule has 7 heteroatoms. The van der Waals surface area contributed by atoms with E-state index in [0.717, 1.165) is 39.6 Å². The van der Waals surface area contributed by atoms with E-state index < -0.39 is 0 Å². The molecule has 5 rings (SSSR count). The highest BCUT2D eigenvalue weighted by atomic mass is 16.5. The van der Waals surface area contributed by atoms with Crippen LogP contribution in [0.15, 0.2) is 71.3 Å². The number of hydrogen-bond acceptors (Lipinski definition) is 5. The average Bonchev–Trinajstić information content (AvgIpc) is 3.55. The third-order valence-corrected chi connectivity index (χ3v) is 5.64. The molecule has 1 amide bonds. The number of nitrogens with zero attached hydrogens (tertiary/aromatic N) is 2. The minimum atomic E-state index is -0.311. The van der Waals surface area contributed by atoms with Gasteiger partial charge < -0.3 is 18.8 Å². The van der Waals surface area contributed by atoms with Crippen molar-refractivity contribution in [2.45, 2.75) is 19.5 Å². The molecule has 0 aliphatic carbocycles. The second kappa shape index (κ2) is 8.26. The highest BCUT2D eigenvalue weighted by Crippen LogP contribution is 2.44. The minimum absolute atomic E-state index is 0.109. The Balaban J connectivity index is 1.60. The van der Waals surface area contributed by atoms with Gasteiger partial charge in [0.25, 0.3) is 5.91 Å². The van der Waals surface area contributed by atoms with Crippen molar-refractivity contribution in [3.8, 4) is 22.8 Å². The zero-order valence-electron chi connectivity index (χ0n) is 17.9. The largest absolute Gasteiger partial charge is 0.497 e. The Labute approximate surface area is 185 Å². The molecule has 1 aliphatic heterocycles. The van der Waals surface area contributed by atoms with Gasteiger partial charge in [-0.1, -0.05) is 12.1 Å². The van der Waals surface area contributed by atoms with Gasteiger partial charge in [-0.3, -0.25) is 9.89 Å². The van der Waals surface area contributed by atoms with Gasteiger partial charge in [0.05, 0.1) is 38.3 Å². The normalized spacial score (nSPS) is 15.1. The summed E-state index contributed by atoms with van der Waals surface area (Å²) in [6, 6.07) is 18.9. The zero-order chi connectivity index (χ0) is 22.1. The van der Waals surface area contributed by atoms with Crippen LogP contribution in [0.1, 0.15) is 40.3 Å². The van der Waals surface area contributed by atoms with Gasteiger partial charge in [-0.25, -0.2) is 0 Å². The molecule has 1 N–H and O–H groups in total. The van der Waals surface area contributed by atoms with E-state index in [0.29, 0.717) is 18.8 Å². The lowest BCUT2D eigenvalue weighted by atomic mass is 9.96. The number of H-pyrrole nitrogens is 1. The molecule has 2 aromatic heterocycles. The van der Waals surface area contributed by atoms with E-state index in [1.807, 2.05) is 72.5 Å². The summed E-state index contributed by atoms with van der Waals surface area (Å²) in [4.78, 5) is 15.2. The molecule has 2 aromatic carbocycles. The number of furan rings is 1. The summed E-state index contributed by atoms with van der Waals surface area (Å²) in [5.74, 6) is 2.17. The Morgan fingerprint density at radius 3 is 2.47 bits per heavy atom. The summed E-state index contributed by atoms with van der Waals surface area (Å²) in [6.45, 7) is 2.90. The van der Waals surface area contributed by atoms with Crippen molar-refractivity contribution in [3.05, 3.63) is 89.5 Å². The van der Waals surface area contributed by atoms with E-state index in [4.69, 9.17) is 13.9 Å². The molecule has 162 valence electrons. The molecule has 32 heavy (non-hydrogen) atoms. The van der Waals surface area contributed by atoms with Crippen molar-refractivity contribution < 1.29 is 18.7 Å². The van der Waals surface area contributed by atoms with Gasteiger partial charge >= 0.3 is 0 Å². The smallest absolute Gasteiger partial charge is 0.273 e. The number of fused-ring (bicyclic) bond motifs is 1. The first kappa shape index (κ1) is 19.9. The van der Waals surface area contributed by atoms with E-state index in [1.165, 1.54) is 0 Å². The molecule has 3 heterocycles. The molecule has 7 nitrogen and oxygen atoms in total. The van der Waals surface area contributed by atoms with E-state index in [2.05, 4.69) is 10.2 Å². The van der Waals surface area contributed by atoms with Crippen molar-refractivity contribution >= 4 is 5.91 Å². The van der Waals surface area contributed by atoms with Gasteiger partial charge in [0.1, 0.15) is 23.0 Å². The molecule has 1 atom stereocenters. The number of aromatic nitrogens is 2. The number of methoxy groups -OCH3 is 1. The Morgan fingerprint density at radius 1 is 1.06 bits per heavy atom. The summed E-state index contributed by atoms with van der Waals surface area (Å²) in [6.07, 6.45) is 1.62. The van der Waals surface area contributed by atoms with Crippen molar-refractivity contribution in [1.29, 1.82) is 0 Å². The Kier molecular flexibility index (Phi) is 5.15. The Morgan fingerprint density at radius 2 is 1.81 bits per heavy atom. The first-order valence-corrected chi connectivity index (χ1v) is 10.5. The first-order valence-electron chi connectivity index (χ1n) is 10.5. The lowest BCUT2D eigenvalue weighted by Crippen LogP contribution is -2.28. The quantitative estimate of drug-likeness (QED) is 0.455.